The van der Waals surface area contributed by atoms with Crippen molar-refractivity contribution in [3.05, 3.63) is 35.9 Å². The van der Waals surface area contributed by atoms with Gasteiger partial charge in [0.1, 0.15) is 0 Å². The highest BCUT2D eigenvalue weighted by Crippen LogP contribution is 2.09. The summed E-state index contributed by atoms with van der Waals surface area (Å²) in [4.78, 5) is 0. The minimum Gasteiger partial charge on any atom is -0.327 e. The maximum atomic E-state index is 5.32. The number of rotatable bonds is 3. The number of benzene rings is 1. The lowest BCUT2D eigenvalue weighted by Crippen LogP contribution is -2.06. The second kappa shape index (κ2) is 4.54. The van der Waals surface area contributed by atoms with Crippen LogP contribution in [-0.4, -0.2) is 6.54 Å². The van der Waals surface area contributed by atoms with Crippen molar-refractivity contribution in [3.8, 4) is 0 Å². The summed E-state index contributed by atoms with van der Waals surface area (Å²) in [6.45, 7) is 0.556. The quantitative estimate of drug-likeness (QED) is 0.459. The topological polar surface area (TPSA) is 64.1 Å². The molecule has 0 heterocycles. The Balaban J connectivity index is 2.79. The van der Waals surface area contributed by atoms with Crippen LogP contribution in [0.1, 0.15) is 5.56 Å². The van der Waals surface area contributed by atoms with Gasteiger partial charge in [-0.3, -0.25) is 5.84 Å². The molecule has 0 aliphatic rings. The molecule has 0 radical (unpaired) electrons. The highest BCUT2D eigenvalue weighted by atomic mass is 15.2. The molecule has 0 amide bonds. The fourth-order valence-electron chi connectivity index (χ4n) is 0.936. The molecule has 0 atom stereocenters. The average molecular weight is 163 g/mol. The van der Waals surface area contributed by atoms with Crippen LogP contribution in [0.3, 0.4) is 0 Å². The van der Waals surface area contributed by atoms with Crippen LogP contribution in [0, 0.1) is 0 Å². The first-order valence-electron chi connectivity index (χ1n) is 3.80. The van der Waals surface area contributed by atoms with Crippen LogP contribution in [0.2, 0.25) is 0 Å². The van der Waals surface area contributed by atoms with Crippen molar-refractivity contribution in [2.24, 2.45) is 11.6 Å². The first-order valence-corrected chi connectivity index (χ1v) is 3.80. The second-order valence-corrected chi connectivity index (χ2v) is 2.41. The summed E-state index contributed by atoms with van der Waals surface area (Å²) in [6, 6.07) is 7.78. The lowest BCUT2D eigenvalue weighted by molar-refractivity contribution is 1.26. The molecular formula is C9H13N3. The smallest absolute Gasteiger partial charge is 0.0491 e. The van der Waals surface area contributed by atoms with Gasteiger partial charge in [0.25, 0.3) is 0 Å². The van der Waals surface area contributed by atoms with E-state index in [1.54, 1.807) is 0 Å². The Hall–Kier alpha value is -1.32. The Labute approximate surface area is 72.0 Å². The summed E-state index contributed by atoms with van der Waals surface area (Å²) in [6.07, 6.45) is 3.86. The fraction of sp³-hybridized carbons (Fsp3) is 0.111. The van der Waals surface area contributed by atoms with E-state index in [1.807, 2.05) is 36.4 Å². The molecule has 0 bridgehead atoms. The van der Waals surface area contributed by atoms with Crippen LogP contribution in [0.25, 0.3) is 6.08 Å². The van der Waals surface area contributed by atoms with Crippen LogP contribution >= 0.6 is 0 Å². The van der Waals surface area contributed by atoms with E-state index in [-0.39, 0.29) is 0 Å². The van der Waals surface area contributed by atoms with Crippen LogP contribution < -0.4 is 17.0 Å². The standard InChI is InChI=1S/C9H13N3/c10-6-2-4-8-3-1-5-9(7-8)12-11/h1-5,7,12H,6,10-11H2. The van der Waals surface area contributed by atoms with Crippen LogP contribution in [0.5, 0.6) is 0 Å². The second-order valence-electron chi connectivity index (χ2n) is 2.41. The first kappa shape index (κ1) is 8.77. The number of nitrogen functional groups attached to an aromatic ring is 1. The first-order chi connectivity index (χ1) is 5.86. The van der Waals surface area contributed by atoms with E-state index in [1.165, 1.54) is 0 Å². The molecule has 1 aromatic carbocycles. The van der Waals surface area contributed by atoms with Gasteiger partial charge in [0, 0.05) is 12.2 Å². The number of nitrogens with one attached hydrogen (secondary N) is 1. The molecule has 5 N–H and O–H groups in total. The summed E-state index contributed by atoms with van der Waals surface area (Å²) in [5.41, 5.74) is 9.89. The Morgan fingerprint density at radius 1 is 1.42 bits per heavy atom. The number of anilines is 1. The van der Waals surface area contributed by atoms with Gasteiger partial charge in [-0.15, -0.1) is 0 Å². The Morgan fingerprint density at radius 3 is 2.92 bits per heavy atom. The molecule has 3 heteroatoms. The van der Waals surface area contributed by atoms with Crippen molar-refractivity contribution in [2.45, 2.75) is 0 Å². The summed E-state index contributed by atoms with van der Waals surface area (Å²) in [5.74, 6) is 5.25. The van der Waals surface area contributed by atoms with Crippen molar-refractivity contribution in [1.82, 2.24) is 0 Å². The molecule has 0 aliphatic carbocycles. The maximum Gasteiger partial charge on any atom is 0.0491 e. The number of hydrogen-bond donors (Lipinski definition) is 3. The van der Waals surface area contributed by atoms with Gasteiger partial charge in [-0.05, 0) is 17.7 Å². The van der Waals surface area contributed by atoms with Crippen LogP contribution in [-0.2, 0) is 0 Å². The molecular weight excluding hydrogens is 150 g/mol. The summed E-state index contributed by atoms with van der Waals surface area (Å²) < 4.78 is 0. The van der Waals surface area contributed by atoms with Gasteiger partial charge in [0.2, 0.25) is 0 Å². The molecule has 0 spiro atoms. The van der Waals surface area contributed by atoms with Gasteiger partial charge >= 0.3 is 0 Å². The fourth-order valence-corrected chi connectivity index (χ4v) is 0.936. The van der Waals surface area contributed by atoms with Crippen molar-refractivity contribution in [2.75, 3.05) is 12.0 Å². The SMILES string of the molecule is NCC=Cc1cccc(NN)c1. The lowest BCUT2D eigenvalue weighted by atomic mass is 10.2. The summed E-state index contributed by atoms with van der Waals surface area (Å²) >= 11 is 0. The van der Waals surface area contributed by atoms with Gasteiger partial charge < -0.3 is 11.2 Å². The zero-order chi connectivity index (χ0) is 8.81. The van der Waals surface area contributed by atoms with E-state index in [0.29, 0.717) is 6.54 Å². The largest absolute Gasteiger partial charge is 0.327 e. The van der Waals surface area contributed by atoms with Gasteiger partial charge in [-0.1, -0.05) is 24.3 Å². The van der Waals surface area contributed by atoms with E-state index in [4.69, 9.17) is 11.6 Å². The highest BCUT2D eigenvalue weighted by Gasteiger charge is 1.88. The minimum absolute atomic E-state index is 0.556. The van der Waals surface area contributed by atoms with Crippen molar-refractivity contribution in [1.29, 1.82) is 0 Å². The van der Waals surface area contributed by atoms with Gasteiger partial charge in [0.15, 0.2) is 0 Å². The Morgan fingerprint density at radius 2 is 2.25 bits per heavy atom. The molecule has 1 aromatic rings. The van der Waals surface area contributed by atoms with Crippen molar-refractivity contribution < 1.29 is 0 Å². The molecule has 0 aliphatic heterocycles. The Kier molecular flexibility index (Phi) is 3.32. The molecule has 0 saturated carbocycles. The summed E-state index contributed by atoms with van der Waals surface area (Å²) in [7, 11) is 0. The third-order valence-corrected chi connectivity index (χ3v) is 1.50. The zero-order valence-corrected chi connectivity index (χ0v) is 6.83. The van der Waals surface area contributed by atoms with Crippen molar-refractivity contribution in [3.63, 3.8) is 0 Å². The van der Waals surface area contributed by atoms with E-state index >= 15 is 0 Å². The zero-order valence-electron chi connectivity index (χ0n) is 6.83. The third kappa shape index (κ3) is 2.38. The predicted molar refractivity (Wildman–Crippen MR) is 52.3 cm³/mol. The summed E-state index contributed by atoms with van der Waals surface area (Å²) in [5, 5.41) is 0. The molecule has 0 fully saturated rings. The van der Waals surface area contributed by atoms with Crippen molar-refractivity contribution >= 4 is 11.8 Å². The van der Waals surface area contributed by atoms with Gasteiger partial charge in [-0.2, -0.15) is 0 Å². The monoisotopic (exact) mass is 163 g/mol. The van der Waals surface area contributed by atoms with E-state index in [2.05, 4.69) is 5.43 Å². The lowest BCUT2D eigenvalue weighted by Gasteiger charge is -1.99. The molecule has 0 unspecified atom stereocenters. The van der Waals surface area contributed by atoms with Gasteiger partial charge in [-0.25, -0.2) is 0 Å². The molecule has 1 rings (SSSR count). The third-order valence-electron chi connectivity index (χ3n) is 1.50. The number of hydrazine groups is 1. The average Bonchev–Trinajstić information content (AvgIpc) is 2.15. The van der Waals surface area contributed by atoms with Crippen LogP contribution in [0.4, 0.5) is 5.69 Å². The van der Waals surface area contributed by atoms with E-state index < -0.39 is 0 Å². The van der Waals surface area contributed by atoms with E-state index in [0.717, 1.165) is 11.3 Å². The van der Waals surface area contributed by atoms with E-state index in [9.17, 15) is 0 Å². The molecule has 64 valence electrons. The number of hydrogen-bond acceptors (Lipinski definition) is 3. The predicted octanol–water partition coefficient (Wildman–Crippen LogP) is 0.944. The molecule has 0 saturated heterocycles. The normalized spacial score (nSPS) is 10.5. The molecule has 3 nitrogen and oxygen atoms in total. The highest BCUT2D eigenvalue weighted by molar-refractivity contribution is 5.56. The maximum absolute atomic E-state index is 5.32. The molecule has 12 heavy (non-hydrogen) atoms. The molecule has 0 aromatic heterocycles. The Bertz CT molecular complexity index is 268. The van der Waals surface area contributed by atoms with Gasteiger partial charge in [0.05, 0.1) is 0 Å². The minimum atomic E-state index is 0.556. The number of nitrogens with two attached hydrogens (primary N) is 2. The van der Waals surface area contributed by atoms with Crippen LogP contribution in [0.15, 0.2) is 30.3 Å².